The number of carbonyl (C=O) groups excluding carboxylic acids is 1. The molecule has 1 N–H and O–H groups in total. The number of carbonyl (C=O) groups is 1. The van der Waals surface area contributed by atoms with Crippen molar-refractivity contribution in [3.05, 3.63) is 65.4 Å². The summed E-state index contributed by atoms with van der Waals surface area (Å²) < 4.78 is 0.503. The van der Waals surface area contributed by atoms with Gasteiger partial charge in [0.25, 0.3) is 5.91 Å². The Labute approximate surface area is 103 Å². The van der Waals surface area contributed by atoms with Gasteiger partial charge in [-0.25, -0.2) is 10.4 Å². The van der Waals surface area contributed by atoms with Crippen molar-refractivity contribution in [2.24, 2.45) is 5.10 Å². The first-order valence-corrected chi connectivity index (χ1v) is 5.19. The zero-order valence-corrected chi connectivity index (χ0v) is 9.35. The van der Waals surface area contributed by atoms with Crippen LogP contribution in [-0.2, 0) is 0 Å². The molecule has 1 heterocycles. The molecule has 6 heteroatoms. The molecule has 0 atom stereocenters. The third-order valence-electron chi connectivity index (χ3n) is 2.09. The summed E-state index contributed by atoms with van der Waals surface area (Å²) >= 11 is 0. The van der Waals surface area contributed by atoms with Crippen LogP contribution in [0.4, 0.5) is 0 Å². The van der Waals surface area contributed by atoms with Crippen LogP contribution in [0.15, 0.2) is 54.0 Å². The Morgan fingerprint density at radius 2 is 2.17 bits per heavy atom. The van der Waals surface area contributed by atoms with Crippen molar-refractivity contribution in [2.75, 3.05) is 0 Å². The molecule has 2 aromatic rings. The molecule has 1 aromatic heterocycles. The summed E-state index contributed by atoms with van der Waals surface area (Å²) in [5.41, 5.74) is 3.16. The smallest absolute Gasteiger partial charge is 0.296 e. The fourth-order valence-electron chi connectivity index (χ4n) is 1.26. The number of aromatic nitrogens is 2. The molecule has 0 saturated heterocycles. The molecule has 6 nitrogen and oxygen atoms in total. The summed E-state index contributed by atoms with van der Waals surface area (Å²) in [6.45, 7) is 0. The van der Waals surface area contributed by atoms with E-state index in [1.165, 1.54) is 18.6 Å². The minimum atomic E-state index is -0.535. The van der Waals surface area contributed by atoms with Gasteiger partial charge < -0.3 is 5.21 Å². The molecule has 1 amide bonds. The zero-order chi connectivity index (χ0) is 12.8. The van der Waals surface area contributed by atoms with Crippen LogP contribution in [0.3, 0.4) is 0 Å². The van der Waals surface area contributed by atoms with Crippen molar-refractivity contribution in [2.45, 2.75) is 0 Å². The molecule has 1 aromatic carbocycles. The van der Waals surface area contributed by atoms with E-state index < -0.39 is 5.91 Å². The Kier molecular flexibility index (Phi) is 3.60. The summed E-state index contributed by atoms with van der Waals surface area (Å²) in [7, 11) is 0. The van der Waals surface area contributed by atoms with Crippen LogP contribution in [-0.4, -0.2) is 17.1 Å². The van der Waals surface area contributed by atoms with Gasteiger partial charge >= 0.3 is 0 Å². The van der Waals surface area contributed by atoms with Crippen LogP contribution in [0.5, 0.6) is 0 Å². The number of nitrogens with zero attached hydrogens (tertiary/aromatic N) is 3. The molecule has 0 spiro atoms. The van der Waals surface area contributed by atoms with Crippen molar-refractivity contribution < 1.29 is 9.52 Å². The highest BCUT2D eigenvalue weighted by Crippen LogP contribution is 1.93. The molecule has 0 fully saturated rings. The van der Waals surface area contributed by atoms with Gasteiger partial charge in [-0.2, -0.15) is 9.83 Å². The van der Waals surface area contributed by atoms with E-state index in [4.69, 9.17) is 0 Å². The SMILES string of the molecule is O=C(N/N=C/c1ccccc1)c1c[n+]([O-])ccn1. The molecule has 0 bridgehead atoms. The predicted molar refractivity (Wildman–Crippen MR) is 64.7 cm³/mol. The predicted octanol–water partition coefficient (Wildman–Crippen LogP) is 0.479. The van der Waals surface area contributed by atoms with Crippen LogP contribution in [0.25, 0.3) is 0 Å². The number of rotatable bonds is 3. The number of amides is 1. The van der Waals surface area contributed by atoms with Gasteiger partial charge in [0, 0.05) is 0 Å². The van der Waals surface area contributed by atoms with E-state index >= 15 is 0 Å². The topological polar surface area (TPSA) is 81.3 Å². The third kappa shape index (κ3) is 3.11. The third-order valence-corrected chi connectivity index (χ3v) is 2.09. The fourth-order valence-corrected chi connectivity index (χ4v) is 1.26. The minimum absolute atomic E-state index is 0.0118. The second-order valence-corrected chi connectivity index (χ2v) is 3.41. The lowest BCUT2D eigenvalue weighted by molar-refractivity contribution is -0.606. The van der Waals surface area contributed by atoms with E-state index in [0.717, 1.165) is 11.8 Å². The van der Waals surface area contributed by atoms with Crippen LogP contribution < -0.4 is 10.2 Å². The van der Waals surface area contributed by atoms with E-state index in [0.29, 0.717) is 4.73 Å². The summed E-state index contributed by atoms with van der Waals surface area (Å²) in [5.74, 6) is -0.535. The van der Waals surface area contributed by atoms with Crippen LogP contribution in [0.2, 0.25) is 0 Å². The van der Waals surface area contributed by atoms with Crippen LogP contribution >= 0.6 is 0 Å². The van der Waals surface area contributed by atoms with Gasteiger partial charge in [-0.15, -0.1) is 0 Å². The molecule has 0 saturated carbocycles. The normalized spacial score (nSPS) is 10.4. The summed E-state index contributed by atoms with van der Waals surface area (Å²) in [5, 5.41) is 14.7. The van der Waals surface area contributed by atoms with Gasteiger partial charge in [-0.3, -0.25) is 4.79 Å². The fraction of sp³-hybridized carbons (Fsp3) is 0. The molecular weight excluding hydrogens is 232 g/mol. The lowest BCUT2D eigenvalue weighted by Gasteiger charge is -1.98. The van der Waals surface area contributed by atoms with E-state index in [9.17, 15) is 10.0 Å². The van der Waals surface area contributed by atoms with Crippen molar-refractivity contribution in [3.8, 4) is 0 Å². The maximum Gasteiger partial charge on any atom is 0.296 e. The second kappa shape index (κ2) is 5.53. The number of hydrogen-bond acceptors (Lipinski definition) is 4. The molecular formula is C12H10N4O2. The van der Waals surface area contributed by atoms with Crippen LogP contribution in [0, 0.1) is 5.21 Å². The van der Waals surface area contributed by atoms with E-state index in [2.05, 4.69) is 15.5 Å². The Balaban J connectivity index is 1.99. The highest BCUT2D eigenvalue weighted by atomic mass is 16.5. The average molecular weight is 242 g/mol. The number of hydrogen-bond donors (Lipinski definition) is 1. The van der Waals surface area contributed by atoms with E-state index in [1.54, 1.807) is 0 Å². The van der Waals surface area contributed by atoms with Gasteiger partial charge in [-0.1, -0.05) is 30.3 Å². The first-order valence-electron chi connectivity index (χ1n) is 5.19. The first kappa shape index (κ1) is 11.7. The minimum Gasteiger partial charge on any atom is -0.619 e. The molecule has 0 aliphatic heterocycles. The zero-order valence-electron chi connectivity index (χ0n) is 9.35. The lowest BCUT2D eigenvalue weighted by atomic mass is 10.2. The second-order valence-electron chi connectivity index (χ2n) is 3.41. The van der Waals surface area contributed by atoms with Gasteiger partial charge in [0.15, 0.2) is 11.9 Å². The molecule has 0 unspecified atom stereocenters. The van der Waals surface area contributed by atoms with Crippen molar-refractivity contribution in [1.29, 1.82) is 0 Å². The van der Waals surface area contributed by atoms with Crippen LogP contribution in [0.1, 0.15) is 16.1 Å². The summed E-state index contributed by atoms with van der Waals surface area (Å²) in [6.07, 6.45) is 5.03. The monoisotopic (exact) mass is 242 g/mol. The maximum atomic E-state index is 11.5. The standard InChI is InChI=1S/C12H10N4O2/c17-12(11-9-16(18)7-6-13-11)15-14-8-10-4-2-1-3-5-10/h1-9H,(H,15,17)/b14-8+. The molecule has 0 aliphatic carbocycles. The van der Waals surface area contributed by atoms with Gasteiger partial charge in [-0.05, 0) is 5.56 Å². The number of benzene rings is 1. The Hall–Kier alpha value is -2.76. The van der Waals surface area contributed by atoms with Gasteiger partial charge in [0.1, 0.15) is 0 Å². The van der Waals surface area contributed by atoms with E-state index in [1.807, 2.05) is 30.3 Å². The number of nitrogens with one attached hydrogen (secondary N) is 1. The van der Waals surface area contributed by atoms with Gasteiger partial charge in [0.05, 0.1) is 12.4 Å². The van der Waals surface area contributed by atoms with Crippen molar-refractivity contribution in [1.82, 2.24) is 10.4 Å². The summed E-state index contributed by atoms with van der Waals surface area (Å²) in [4.78, 5) is 15.3. The Bertz CT molecular complexity index is 569. The van der Waals surface area contributed by atoms with Gasteiger partial charge in [0.2, 0.25) is 6.20 Å². The highest BCUT2D eigenvalue weighted by molar-refractivity contribution is 5.92. The molecule has 0 aliphatic rings. The molecule has 90 valence electrons. The quantitative estimate of drug-likeness (QED) is 0.368. The van der Waals surface area contributed by atoms with Crippen molar-refractivity contribution in [3.63, 3.8) is 0 Å². The summed E-state index contributed by atoms with van der Waals surface area (Å²) in [6, 6.07) is 9.31. The number of hydrazone groups is 1. The largest absolute Gasteiger partial charge is 0.619 e. The molecule has 0 radical (unpaired) electrons. The highest BCUT2D eigenvalue weighted by Gasteiger charge is 2.08. The molecule has 2 rings (SSSR count). The van der Waals surface area contributed by atoms with E-state index in [-0.39, 0.29) is 5.69 Å². The Morgan fingerprint density at radius 3 is 2.89 bits per heavy atom. The molecule has 18 heavy (non-hydrogen) atoms. The van der Waals surface area contributed by atoms with Crippen molar-refractivity contribution >= 4 is 12.1 Å². The first-order chi connectivity index (χ1) is 8.75. The lowest BCUT2D eigenvalue weighted by Crippen LogP contribution is -2.29. The average Bonchev–Trinajstić information content (AvgIpc) is 2.40. The maximum absolute atomic E-state index is 11.5. The Morgan fingerprint density at radius 1 is 1.39 bits per heavy atom.